The van der Waals surface area contributed by atoms with Gasteiger partial charge in [0.15, 0.2) is 0 Å². The van der Waals surface area contributed by atoms with Crippen LogP contribution in [-0.4, -0.2) is 4.57 Å². The third-order valence-electron chi connectivity index (χ3n) is 2.55. The van der Waals surface area contributed by atoms with E-state index in [-0.39, 0.29) is 0 Å². The second-order valence-corrected chi connectivity index (χ2v) is 4.30. The molecule has 2 nitrogen and oxygen atoms in total. The third kappa shape index (κ3) is 1.68. The smallest absolute Gasteiger partial charge is 0.101 e. The summed E-state index contributed by atoms with van der Waals surface area (Å²) in [6.45, 7) is 10.6. The van der Waals surface area contributed by atoms with Gasteiger partial charge in [-0.3, -0.25) is 0 Å². The minimum absolute atomic E-state index is 0.425. The molecule has 0 fully saturated rings. The fourth-order valence-electron chi connectivity index (χ4n) is 1.89. The van der Waals surface area contributed by atoms with Crippen molar-refractivity contribution in [1.29, 1.82) is 5.26 Å². The normalized spacial score (nSPS) is 11.0. The molecule has 0 aliphatic carbocycles. The molecular weight excluding hydrogens is 172 g/mol. The summed E-state index contributed by atoms with van der Waals surface area (Å²) in [7, 11) is 0. The second kappa shape index (κ2) is 3.88. The molecule has 0 aliphatic rings. The van der Waals surface area contributed by atoms with E-state index in [4.69, 9.17) is 5.26 Å². The van der Waals surface area contributed by atoms with E-state index in [2.05, 4.69) is 38.3 Å². The molecule has 0 radical (unpaired) electrons. The van der Waals surface area contributed by atoms with Crippen LogP contribution in [0.5, 0.6) is 0 Å². The molecule has 0 aliphatic heterocycles. The fraction of sp³-hybridized carbons (Fsp3) is 0.583. The minimum Gasteiger partial charge on any atom is -0.345 e. The van der Waals surface area contributed by atoms with E-state index in [0.29, 0.717) is 12.0 Å². The monoisotopic (exact) mass is 190 g/mol. The largest absolute Gasteiger partial charge is 0.345 e. The van der Waals surface area contributed by atoms with Crippen LogP contribution in [0, 0.1) is 18.3 Å². The summed E-state index contributed by atoms with van der Waals surface area (Å²) in [5, 5.41) is 8.96. The summed E-state index contributed by atoms with van der Waals surface area (Å²) in [4.78, 5) is 0. The molecule has 0 saturated heterocycles. The average molecular weight is 190 g/mol. The van der Waals surface area contributed by atoms with Crippen LogP contribution in [0.25, 0.3) is 0 Å². The maximum atomic E-state index is 8.96. The third-order valence-corrected chi connectivity index (χ3v) is 2.55. The van der Waals surface area contributed by atoms with Gasteiger partial charge in [0.05, 0.1) is 5.56 Å². The molecule has 1 aromatic heterocycles. The predicted molar refractivity (Wildman–Crippen MR) is 58.4 cm³/mol. The average Bonchev–Trinajstić information content (AvgIpc) is 2.42. The van der Waals surface area contributed by atoms with Crippen molar-refractivity contribution in [3.63, 3.8) is 0 Å². The van der Waals surface area contributed by atoms with Crippen LogP contribution >= 0.6 is 0 Å². The SMILES string of the molecule is Cc1c(C#N)cc(C(C)C)n1C(C)C. The zero-order valence-corrected chi connectivity index (χ0v) is 9.63. The predicted octanol–water partition coefficient (Wildman–Crippen LogP) is 3.37. The van der Waals surface area contributed by atoms with Crippen molar-refractivity contribution in [3.05, 3.63) is 23.0 Å². The molecular formula is C12H18N2. The van der Waals surface area contributed by atoms with Crippen molar-refractivity contribution in [2.75, 3.05) is 0 Å². The lowest BCUT2D eigenvalue weighted by molar-refractivity contribution is 0.548. The summed E-state index contributed by atoms with van der Waals surface area (Å²) in [6, 6.07) is 4.68. The van der Waals surface area contributed by atoms with Crippen molar-refractivity contribution in [3.8, 4) is 6.07 Å². The van der Waals surface area contributed by atoms with Gasteiger partial charge in [0.2, 0.25) is 0 Å². The van der Waals surface area contributed by atoms with Gasteiger partial charge in [0.25, 0.3) is 0 Å². The Morgan fingerprint density at radius 3 is 2.14 bits per heavy atom. The van der Waals surface area contributed by atoms with E-state index in [9.17, 15) is 0 Å². The summed E-state index contributed by atoms with van der Waals surface area (Å²) in [5.74, 6) is 0.471. The first-order chi connectivity index (χ1) is 6.49. The molecule has 0 bridgehead atoms. The first-order valence-electron chi connectivity index (χ1n) is 5.10. The van der Waals surface area contributed by atoms with Crippen molar-refractivity contribution >= 4 is 0 Å². The molecule has 0 saturated carbocycles. The number of hydrogen-bond donors (Lipinski definition) is 0. The van der Waals surface area contributed by atoms with Crippen LogP contribution < -0.4 is 0 Å². The highest BCUT2D eigenvalue weighted by molar-refractivity contribution is 5.38. The number of nitriles is 1. The number of aromatic nitrogens is 1. The summed E-state index contributed by atoms with van der Waals surface area (Å²) < 4.78 is 2.25. The van der Waals surface area contributed by atoms with Crippen molar-refractivity contribution < 1.29 is 0 Å². The highest BCUT2D eigenvalue weighted by atomic mass is 15.0. The van der Waals surface area contributed by atoms with Crippen LogP contribution in [0.15, 0.2) is 6.07 Å². The quantitative estimate of drug-likeness (QED) is 0.702. The Labute approximate surface area is 86.2 Å². The van der Waals surface area contributed by atoms with Gasteiger partial charge >= 0.3 is 0 Å². The molecule has 0 atom stereocenters. The Hall–Kier alpha value is -1.23. The molecule has 0 unspecified atom stereocenters. The van der Waals surface area contributed by atoms with Gasteiger partial charge in [-0.25, -0.2) is 0 Å². The Balaban J connectivity index is 3.37. The second-order valence-electron chi connectivity index (χ2n) is 4.30. The number of nitrogens with zero attached hydrogens (tertiary/aromatic N) is 2. The lowest BCUT2D eigenvalue weighted by Gasteiger charge is -2.17. The lowest BCUT2D eigenvalue weighted by Crippen LogP contribution is -2.08. The van der Waals surface area contributed by atoms with Crippen molar-refractivity contribution in [2.24, 2.45) is 0 Å². The number of hydrogen-bond acceptors (Lipinski definition) is 1. The zero-order valence-electron chi connectivity index (χ0n) is 9.63. The maximum absolute atomic E-state index is 8.96. The van der Waals surface area contributed by atoms with E-state index in [0.717, 1.165) is 11.3 Å². The van der Waals surface area contributed by atoms with Crippen LogP contribution in [0.3, 0.4) is 0 Å². The Kier molecular flexibility index (Phi) is 3.00. The van der Waals surface area contributed by atoms with E-state index >= 15 is 0 Å². The van der Waals surface area contributed by atoms with Crippen molar-refractivity contribution in [2.45, 2.75) is 46.6 Å². The molecule has 76 valence electrons. The highest BCUT2D eigenvalue weighted by Gasteiger charge is 2.15. The standard InChI is InChI=1S/C12H18N2/c1-8(2)12-6-11(7-13)10(5)14(12)9(3)4/h6,8-9H,1-5H3. The van der Waals surface area contributed by atoms with E-state index in [1.165, 1.54) is 5.69 Å². The first kappa shape index (κ1) is 10.8. The molecule has 1 heterocycles. The molecule has 1 aromatic rings. The van der Waals surface area contributed by atoms with Crippen LogP contribution in [0.1, 0.15) is 56.6 Å². The fourth-order valence-corrected chi connectivity index (χ4v) is 1.89. The van der Waals surface area contributed by atoms with Gasteiger partial charge in [-0.2, -0.15) is 5.26 Å². The topological polar surface area (TPSA) is 28.7 Å². The van der Waals surface area contributed by atoms with Gasteiger partial charge in [0, 0.05) is 17.4 Å². The van der Waals surface area contributed by atoms with Gasteiger partial charge in [-0.05, 0) is 32.8 Å². The van der Waals surface area contributed by atoms with Crippen LogP contribution in [-0.2, 0) is 0 Å². The minimum atomic E-state index is 0.425. The summed E-state index contributed by atoms with van der Waals surface area (Å²) >= 11 is 0. The molecule has 0 spiro atoms. The maximum Gasteiger partial charge on any atom is 0.101 e. The van der Waals surface area contributed by atoms with E-state index < -0.39 is 0 Å². The molecule has 1 rings (SSSR count). The van der Waals surface area contributed by atoms with Gasteiger partial charge in [-0.15, -0.1) is 0 Å². The van der Waals surface area contributed by atoms with E-state index in [1.807, 2.05) is 13.0 Å². The molecule has 0 N–H and O–H groups in total. The van der Waals surface area contributed by atoms with Gasteiger partial charge < -0.3 is 4.57 Å². The van der Waals surface area contributed by atoms with Crippen LogP contribution in [0.2, 0.25) is 0 Å². The summed E-state index contributed by atoms with van der Waals surface area (Å²) in [6.07, 6.45) is 0. The Morgan fingerprint density at radius 1 is 1.29 bits per heavy atom. The summed E-state index contributed by atoms with van der Waals surface area (Å²) in [5.41, 5.74) is 3.16. The van der Waals surface area contributed by atoms with E-state index in [1.54, 1.807) is 0 Å². The van der Waals surface area contributed by atoms with Gasteiger partial charge in [-0.1, -0.05) is 13.8 Å². The lowest BCUT2D eigenvalue weighted by atomic mass is 10.1. The van der Waals surface area contributed by atoms with Crippen molar-refractivity contribution in [1.82, 2.24) is 4.57 Å². The Morgan fingerprint density at radius 2 is 1.86 bits per heavy atom. The molecule has 14 heavy (non-hydrogen) atoms. The zero-order chi connectivity index (χ0) is 10.9. The molecule has 0 amide bonds. The number of rotatable bonds is 2. The highest BCUT2D eigenvalue weighted by Crippen LogP contribution is 2.25. The Bertz CT molecular complexity index is 364. The molecule has 0 aromatic carbocycles. The first-order valence-corrected chi connectivity index (χ1v) is 5.10. The van der Waals surface area contributed by atoms with Gasteiger partial charge in [0.1, 0.15) is 6.07 Å². The van der Waals surface area contributed by atoms with Crippen LogP contribution in [0.4, 0.5) is 0 Å². The molecule has 2 heteroatoms.